The first-order valence-electron chi connectivity index (χ1n) is 7.91. The van der Waals surface area contributed by atoms with Gasteiger partial charge in [0.25, 0.3) is 0 Å². The smallest absolute Gasteiger partial charge is 0.225 e. The van der Waals surface area contributed by atoms with E-state index in [1.54, 1.807) is 0 Å². The van der Waals surface area contributed by atoms with Crippen LogP contribution in [0.5, 0.6) is 0 Å². The van der Waals surface area contributed by atoms with Gasteiger partial charge in [-0.3, -0.25) is 0 Å². The van der Waals surface area contributed by atoms with Gasteiger partial charge in [0.2, 0.25) is 20.0 Å². The van der Waals surface area contributed by atoms with E-state index >= 15 is 0 Å². The van der Waals surface area contributed by atoms with Crippen molar-refractivity contribution in [1.82, 2.24) is 4.31 Å². The molecule has 1 atom stereocenters. The van der Waals surface area contributed by atoms with E-state index in [0.717, 1.165) is 30.0 Å². The number of hydrogen-bond donors (Lipinski definition) is 1. The summed E-state index contributed by atoms with van der Waals surface area (Å²) in [5.41, 5.74) is 2.05. The Morgan fingerprint density at radius 1 is 1.00 bits per heavy atom. The second-order valence-electron chi connectivity index (χ2n) is 6.20. The molecule has 1 unspecified atom stereocenters. The SMILES string of the molecule is Cc1ccc(C2CCCN2S(=O)(=O)c2cccc(S(N)(=O)=O)c2)cc1. The van der Waals surface area contributed by atoms with Gasteiger partial charge in [-0.25, -0.2) is 22.0 Å². The maximum absolute atomic E-state index is 13.1. The molecule has 0 bridgehead atoms. The van der Waals surface area contributed by atoms with Gasteiger partial charge in [0, 0.05) is 6.54 Å². The van der Waals surface area contributed by atoms with Crippen molar-refractivity contribution in [2.24, 2.45) is 5.14 Å². The molecule has 1 aliphatic heterocycles. The van der Waals surface area contributed by atoms with E-state index in [1.165, 1.54) is 22.5 Å². The highest BCUT2D eigenvalue weighted by atomic mass is 32.2. The summed E-state index contributed by atoms with van der Waals surface area (Å²) in [6, 6.07) is 12.7. The van der Waals surface area contributed by atoms with E-state index in [-0.39, 0.29) is 15.8 Å². The fourth-order valence-electron chi connectivity index (χ4n) is 3.10. The summed E-state index contributed by atoms with van der Waals surface area (Å²) in [6.07, 6.45) is 1.49. The van der Waals surface area contributed by atoms with Gasteiger partial charge in [-0.1, -0.05) is 35.9 Å². The zero-order valence-corrected chi connectivity index (χ0v) is 15.4. The van der Waals surface area contributed by atoms with Crippen molar-refractivity contribution in [2.75, 3.05) is 6.54 Å². The summed E-state index contributed by atoms with van der Waals surface area (Å²) in [5, 5.41) is 5.12. The van der Waals surface area contributed by atoms with Gasteiger partial charge in [0.15, 0.2) is 0 Å². The summed E-state index contributed by atoms with van der Waals surface area (Å²) in [5.74, 6) is 0. The Hall–Kier alpha value is -1.74. The fourth-order valence-corrected chi connectivity index (χ4v) is 5.46. The fraction of sp³-hybridized carbons (Fsp3) is 0.294. The summed E-state index contributed by atoms with van der Waals surface area (Å²) in [4.78, 5) is -0.266. The standard InChI is InChI=1S/C17H20N2O4S2/c1-13-7-9-14(10-8-13)17-6-3-11-19(17)25(22,23)16-5-2-4-15(12-16)24(18,20)21/h2,4-5,7-10,12,17H,3,6,11H2,1H3,(H2,18,20,21). The van der Waals surface area contributed by atoms with Crippen molar-refractivity contribution in [1.29, 1.82) is 0 Å². The maximum Gasteiger partial charge on any atom is 0.243 e. The third-order valence-corrected chi connectivity index (χ3v) is 7.22. The van der Waals surface area contributed by atoms with E-state index in [0.29, 0.717) is 6.54 Å². The Labute approximate surface area is 148 Å². The van der Waals surface area contributed by atoms with E-state index < -0.39 is 20.0 Å². The first-order chi connectivity index (χ1) is 11.7. The molecule has 8 heteroatoms. The Kier molecular flexibility index (Phi) is 4.72. The number of nitrogens with zero attached hydrogens (tertiary/aromatic N) is 1. The number of primary sulfonamides is 1. The maximum atomic E-state index is 13.1. The lowest BCUT2D eigenvalue weighted by Crippen LogP contribution is -2.31. The Balaban J connectivity index is 2.00. The van der Waals surface area contributed by atoms with Crippen molar-refractivity contribution in [3.05, 3.63) is 59.7 Å². The molecule has 1 heterocycles. The summed E-state index contributed by atoms with van der Waals surface area (Å²) >= 11 is 0. The van der Waals surface area contributed by atoms with Gasteiger partial charge in [-0.05, 0) is 43.5 Å². The molecule has 1 aliphatic rings. The quantitative estimate of drug-likeness (QED) is 0.879. The highest BCUT2D eigenvalue weighted by molar-refractivity contribution is 7.90. The number of sulfonamides is 2. The molecule has 0 aromatic heterocycles. The molecule has 0 radical (unpaired) electrons. The number of rotatable bonds is 4. The summed E-state index contributed by atoms with van der Waals surface area (Å²) in [7, 11) is -7.78. The van der Waals surface area contributed by atoms with Gasteiger partial charge >= 0.3 is 0 Å². The van der Waals surface area contributed by atoms with Gasteiger partial charge in [-0.2, -0.15) is 4.31 Å². The molecule has 0 saturated carbocycles. The first-order valence-corrected chi connectivity index (χ1v) is 10.9. The molecule has 0 aliphatic carbocycles. The summed E-state index contributed by atoms with van der Waals surface area (Å²) in [6.45, 7) is 2.38. The van der Waals surface area contributed by atoms with Crippen LogP contribution in [0.15, 0.2) is 58.3 Å². The van der Waals surface area contributed by atoms with E-state index in [4.69, 9.17) is 5.14 Å². The van der Waals surface area contributed by atoms with E-state index in [2.05, 4.69) is 0 Å². The molecule has 3 rings (SSSR count). The minimum atomic E-state index is -3.96. The first kappa shape index (κ1) is 18.1. The molecule has 134 valence electrons. The average Bonchev–Trinajstić information content (AvgIpc) is 3.05. The molecule has 1 saturated heterocycles. The minimum Gasteiger partial charge on any atom is -0.225 e. The molecule has 2 aromatic carbocycles. The Morgan fingerprint density at radius 3 is 2.28 bits per heavy atom. The summed E-state index contributed by atoms with van der Waals surface area (Å²) < 4.78 is 50.6. The van der Waals surface area contributed by atoms with Crippen LogP contribution in [-0.2, 0) is 20.0 Å². The molecule has 0 amide bonds. The van der Waals surface area contributed by atoms with Crippen LogP contribution in [0, 0.1) is 6.92 Å². The van der Waals surface area contributed by atoms with Crippen molar-refractivity contribution in [3.63, 3.8) is 0 Å². The normalized spacial score (nSPS) is 19.2. The van der Waals surface area contributed by atoms with Crippen LogP contribution in [0.4, 0.5) is 0 Å². The molecule has 2 aromatic rings. The zero-order chi connectivity index (χ0) is 18.2. The Morgan fingerprint density at radius 2 is 1.64 bits per heavy atom. The molecular weight excluding hydrogens is 360 g/mol. The third kappa shape index (κ3) is 3.62. The zero-order valence-electron chi connectivity index (χ0n) is 13.8. The van der Waals surface area contributed by atoms with Crippen LogP contribution >= 0.6 is 0 Å². The van der Waals surface area contributed by atoms with E-state index in [9.17, 15) is 16.8 Å². The highest BCUT2D eigenvalue weighted by Gasteiger charge is 2.36. The topological polar surface area (TPSA) is 97.5 Å². The second-order valence-corrected chi connectivity index (χ2v) is 9.66. The molecule has 0 spiro atoms. The molecule has 25 heavy (non-hydrogen) atoms. The number of benzene rings is 2. The average molecular weight is 380 g/mol. The third-order valence-electron chi connectivity index (χ3n) is 4.41. The molecule has 6 nitrogen and oxygen atoms in total. The van der Waals surface area contributed by atoms with Crippen molar-refractivity contribution in [3.8, 4) is 0 Å². The van der Waals surface area contributed by atoms with Crippen LogP contribution in [0.2, 0.25) is 0 Å². The lowest BCUT2D eigenvalue weighted by atomic mass is 10.0. The number of nitrogens with two attached hydrogens (primary N) is 1. The molecule has 2 N–H and O–H groups in total. The lowest BCUT2D eigenvalue weighted by Gasteiger charge is -2.24. The largest absolute Gasteiger partial charge is 0.243 e. The van der Waals surface area contributed by atoms with Crippen LogP contribution < -0.4 is 5.14 Å². The van der Waals surface area contributed by atoms with Crippen LogP contribution in [0.3, 0.4) is 0 Å². The number of aryl methyl sites for hydroxylation is 1. The van der Waals surface area contributed by atoms with Crippen LogP contribution in [0.25, 0.3) is 0 Å². The predicted octanol–water partition coefficient (Wildman–Crippen LogP) is 2.17. The second kappa shape index (κ2) is 6.53. The van der Waals surface area contributed by atoms with Gasteiger partial charge in [-0.15, -0.1) is 0 Å². The monoisotopic (exact) mass is 380 g/mol. The molecular formula is C17H20N2O4S2. The predicted molar refractivity (Wildman–Crippen MR) is 94.9 cm³/mol. The van der Waals surface area contributed by atoms with Crippen molar-refractivity contribution < 1.29 is 16.8 Å². The minimum absolute atomic E-state index is 0.0574. The molecule has 1 fully saturated rings. The van der Waals surface area contributed by atoms with Crippen LogP contribution in [-0.4, -0.2) is 27.7 Å². The Bertz CT molecular complexity index is 984. The van der Waals surface area contributed by atoms with Gasteiger partial charge < -0.3 is 0 Å². The van der Waals surface area contributed by atoms with Crippen LogP contribution in [0.1, 0.15) is 30.0 Å². The van der Waals surface area contributed by atoms with Gasteiger partial charge in [0.1, 0.15) is 0 Å². The lowest BCUT2D eigenvalue weighted by molar-refractivity contribution is 0.396. The highest BCUT2D eigenvalue weighted by Crippen LogP contribution is 2.36. The van der Waals surface area contributed by atoms with Gasteiger partial charge in [0.05, 0.1) is 15.8 Å². The van der Waals surface area contributed by atoms with Crippen molar-refractivity contribution in [2.45, 2.75) is 35.6 Å². The van der Waals surface area contributed by atoms with Crippen molar-refractivity contribution >= 4 is 20.0 Å². The number of hydrogen-bond acceptors (Lipinski definition) is 4. The van der Waals surface area contributed by atoms with E-state index in [1.807, 2.05) is 31.2 Å².